The number of aryl methyl sites for hydroxylation is 1. The van der Waals surface area contributed by atoms with Crippen molar-refractivity contribution in [1.82, 2.24) is 0 Å². The van der Waals surface area contributed by atoms with Gasteiger partial charge in [0.25, 0.3) is 0 Å². The summed E-state index contributed by atoms with van der Waals surface area (Å²) in [7, 11) is 0. The first-order chi connectivity index (χ1) is 15.9. The van der Waals surface area contributed by atoms with Crippen LogP contribution in [0.4, 0.5) is 5.69 Å². The third-order valence-corrected chi connectivity index (χ3v) is 6.22. The number of nitrogens with one attached hydrogen (secondary N) is 1. The number of benzene rings is 3. The van der Waals surface area contributed by atoms with Gasteiger partial charge in [-0.25, -0.2) is 0 Å². The molecule has 0 fully saturated rings. The molecule has 0 saturated heterocycles. The van der Waals surface area contributed by atoms with Gasteiger partial charge in [-0.05, 0) is 50.1 Å². The van der Waals surface area contributed by atoms with Crippen LogP contribution < -0.4 is 10.1 Å². The normalized spacial score (nSPS) is 11.6. The van der Waals surface area contributed by atoms with Gasteiger partial charge in [-0.1, -0.05) is 59.6 Å². The van der Waals surface area contributed by atoms with E-state index in [1.165, 1.54) is 6.08 Å². The van der Waals surface area contributed by atoms with Crippen molar-refractivity contribution in [3.05, 3.63) is 88.1 Å². The Balaban J connectivity index is 1.78. The highest BCUT2D eigenvalue weighted by molar-refractivity contribution is 6.44. The number of carbonyl (C=O) groups excluding carboxylic acids is 1. The zero-order valence-corrected chi connectivity index (χ0v) is 20.1. The van der Waals surface area contributed by atoms with Crippen LogP contribution in [0.1, 0.15) is 25.0 Å². The lowest BCUT2D eigenvalue weighted by Gasteiger charge is -2.15. The van der Waals surface area contributed by atoms with Gasteiger partial charge >= 0.3 is 0 Å². The van der Waals surface area contributed by atoms with E-state index in [4.69, 9.17) is 32.4 Å². The van der Waals surface area contributed by atoms with Gasteiger partial charge in [0.1, 0.15) is 11.3 Å². The molecule has 0 aliphatic rings. The van der Waals surface area contributed by atoms with E-state index < -0.39 is 0 Å². The van der Waals surface area contributed by atoms with Crippen LogP contribution in [0.5, 0.6) is 5.75 Å². The summed E-state index contributed by atoms with van der Waals surface area (Å²) in [6, 6.07) is 17.2. The molecular formula is C27H23Cl2NO3. The molecule has 6 heteroatoms. The standard InChI is InChI=1S/C27H23Cl2NO3/c1-4-32-26-17(3)27-20(21(15-33-27)18-9-6-5-7-10-18)14-19(26)16(2)13-24(31)30-23-12-8-11-22(28)25(23)29/h5-15H,4H2,1-3H3,(H,30,31)/b16-13+. The Hall–Kier alpha value is -3.21. The van der Waals surface area contributed by atoms with E-state index in [0.29, 0.717) is 28.1 Å². The van der Waals surface area contributed by atoms with E-state index in [9.17, 15) is 4.79 Å². The number of allylic oxidation sites excluding steroid dienone is 1. The third kappa shape index (κ3) is 4.63. The average Bonchev–Trinajstić information content (AvgIpc) is 3.23. The number of fused-ring (bicyclic) bond motifs is 1. The molecule has 0 spiro atoms. The van der Waals surface area contributed by atoms with Gasteiger partial charge in [0.15, 0.2) is 0 Å². The second-order valence-corrected chi connectivity index (χ2v) is 8.41. The van der Waals surface area contributed by atoms with Crippen molar-refractivity contribution in [3.63, 3.8) is 0 Å². The van der Waals surface area contributed by atoms with Crippen LogP contribution in [0.3, 0.4) is 0 Å². The Morgan fingerprint density at radius 1 is 1.12 bits per heavy atom. The summed E-state index contributed by atoms with van der Waals surface area (Å²) in [5.41, 5.74) is 5.73. The van der Waals surface area contributed by atoms with Crippen molar-refractivity contribution in [2.45, 2.75) is 20.8 Å². The second kappa shape index (κ2) is 9.74. The molecule has 33 heavy (non-hydrogen) atoms. The third-order valence-electron chi connectivity index (χ3n) is 5.40. The molecule has 4 rings (SSSR count). The number of halogens is 2. The van der Waals surface area contributed by atoms with Crippen molar-refractivity contribution in [2.24, 2.45) is 0 Å². The number of furan rings is 1. The second-order valence-electron chi connectivity index (χ2n) is 7.62. The molecule has 0 unspecified atom stereocenters. The first kappa shape index (κ1) is 23.0. The SMILES string of the molecule is CCOc1c(/C(C)=C/C(=O)Nc2cccc(Cl)c2Cl)cc2c(-c3ccccc3)coc2c1C. The van der Waals surface area contributed by atoms with Crippen LogP contribution >= 0.6 is 23.2 Å². The maximum absolute atomic E-state index is 12.8. The highest BCUT2D eigenvalue weighted by atomic mass is 35.5. The van der Waals surface area contributed by atoms with E-state index in [-0.39, 0.29) is 5.91 Å². The molecule has 4 nitrogen and oxygen atoms in total. The highest BCUT2D eigenvalue weighted by Gasteiger charge is 2.19. The van der Waals surface area contributed by atoms with Crippen molar-refractivity contribution >= 4 is 51.3 Å². The summed E-state index contributed by atoms with van der Waals surface area (Å²) in [6.07, 6.45) is 3.29. The quantitative estimate of drug-likeness (QED) is 0.283. The number of carbonyl (C=O) groups is 1. The average molecular weight is 480 g/mol. The predicted molar refractivity (Wildman–Crippen MR) is 136 cm³/mol. The molecule has 0 aliphatic carbocycles. The lowest BCUT2D eigenvalue weighted by atomic mass is 9.96. The summed E-state index contributed by atoms with van der Waals surface area (Å²) in [4.78, 5) is 12.8. The summed E-state index contributed by atoms with van der Waals surface area (Å²) in [5, 5.41) is 4.44. The van der Waals surface area contributed by atoms with E-state index in [2.05, 4.69) is 5.32 Å². The smallest absolute Gasteiger partial charge is 0.248 e. The van der Waals surface area contributed by atoms with E-state index >= 15 is 0 Å². The topological polar surface area (TPSA) is 51.5 Å². The summed E-state index contributed by atoms with van der Waals surface area (Å²) < 4.78 is 11.9. The van der Waals surface area contributed by atoms with Crippen molar-refractivity contribution < 1.29 is 13.9 Å². The lowest BCUT2D eigenvalue weighted by Crippen LogP contribution is -2.09. The lowest BCUT2D eigenvalue weighted by molar-refractivity contribution is -0.111. The fourth-order valence-corrected chi connectivity index (χ4v) is 4.17. The van der Waals surface area contributed by atoms with Gasteiger partial charge in [-0.15, -0.1) is 0 Å². The number of hydrogen-bond acceptors (Lipinski definition) is 3. The molecular weight excluding hydrogens is 457 g/mol. The van der Waals surface area contributed by atoms with E-state index in [1.54, 1.807) is 24.5 Å². The molecule has 4 aromatic rings. The maximum atomic E-state index is 12.8. The first-order valence-electron chi connectivity index (χ1n) is 10.6. The van der Waals surface area contributed by atoms with Crippen molar-refractivity contribution in [1.29, 1.82) is 0 Å². The minimum Gasteiger partial charge on any atom is -0.493 e. The van der Waals surface area contributed by atoms with Gasteiger partial charge in [-0.3, -0.25) is 4.79 Å². The molecule has 0 saturated carbocycles. The van der Waals surface area contributed by atoms with Gasteiger partial charge in [-0.2, -0.15) is 0 Å². The zero-order chi connectivity index (χ0) is 23.5. The van der Waals surface area contributed by atoms with Crippen LogP contribution in [-0.4, -0.2) is 12.5 Å². The highest BCUT2D eigenvalue weighted by Crippen LogP contribution is 2.40. The Morgan fingerprint density at radius 2 is 1.88 bits per heavy atom. The van der Waals surface area contributed by atoms with E-state index in [1.807, 2.05) is 57.2 Å². The fourth-order valence-electron chi connectivity index (χ4n) is 3.82. The zero-order valence-electron chi connectivity index (χ0n) is 18.5. The first-order valence-corrected chi connectivity index (χ1v) is 11.3. The Bertz CT molecular complexity index is 1360. The molecule has 0 radical (unpaired) electrons. The Labute approximate surface area is 202 Å². The van der Waals surface area contributed by atoms with Crippen LogP contribution in [-0.2, 0) is 4.79 Å². The largest absolute Gasteiger partial charge is 0.493 e. The molecule has 1 aromatic heterocycles. The number of rotatable bonds is 6. The fraction of sp³-hybridized carbons (Fsp3) is 0.148. The summed E-state index contributed by atoms with van der Waals surface area (Å²) in [5.74, 6) is 0.383. The monoisotopic (exact) mass is 479 g/mol. The molecule has 1 amide bonds. The minimum absolute atomic E-state index is 0.303. The minimum atomic E-state index is -0.313. The van der Waals surface area contributed by atoms with Crippen LogP contribution in [0.15, 0.2) is 71.4 Å². The molecule has 0 atom stereocenters. The Kier molecular flexibility index (Phi) is 6.77. The molecule has 0 aliphatic heterocycles. The Morgan fingerprint density at radius 3 is 2.61 bits per heavy atom. The van der Waals surface area contributed by atoms with Gasteiger partial charge in [0.2, 0.25) is 5.91 Å². The molecule has 1 N–H and O–H groups in total. The van der Waals surface area contributed by atoms with Gasteiger partial charge in [0.05, 0.1) is 28.6 Å². The number of hydrogen-bond donors (Lipinski definition) is 1. The number of ether oxygens (including phenoxy) is 1. The maximum Gasteiger partial charge on any atom is 0.248 e. The van der Waals surface area contributed by atoms with Crippen LogP contribution in [0.2, 0.25) is 10.0 Å². The van der Waals surface area contributed by atoms with Gasteiger partial charge in [0, 0.05) is 28.2 Å². The van der Waals surface area contributed by atoms with E-state index in [0.717, 1.165) is 38.8 Å². The summed E-state index contributed by atoms with van der Waals surface area (Å²) >= 11 is 12.3. The molecule has 1 heterocycles. The molecule has 3 aromatic carbocycles. The van der Waals surface area contributed by atoms with Crippen LogP contribution in [0, 0.1) is 6.92 Å². The van der Waals surface area contributed by atoms with Crippen LogP contribution in [0.25, 0.3) is 27.7 Å². The van der Waals surface area contributed by atoms with Gasteiger partial charge < -0.3 is 14.5 Å². The number of amides is 1. The predicted octanol–water partition coefficient (Wildman–Crippen LogP) is 8.16. The molecule has 0 bridgehead atoms. The number of anilines is 1. The van der Waals surface area contributed by atoms with Crippen molar-refractivity contribution in [2.75, 3.05) is 11.9 Å². The molecule has 168 valence electrons. The summed E-state index contributed by atoms with van der Waals surface area (Å²) in [6.45, 7) is 6.26. The van der Waals surface area contributed by atoms with Crippen molar-refractivity contribution in [3.8, 4) is 16.9 Å².